The summed E-state index contributed by atoms with van der Waals surface area (Å²) in [6, 6.07) is 5.76. The SMILES string of the molecule is Cc1[nH]c2cc(Cl)ccc2c1N(C(=S)S)N(C)C. The Bertz CT molecular complexity index is 607. The first-order valence-electron chi connectivity index (χ1n) is 5.40. The first-order chi connectivity index (χ1) is 8.41. The Morgan fingerprint density at radius 3 is 2.61 bits per heavy atom. The zero-order valence-electron chi connectivity index (χ0n) is 10.4. The lowest BCUT2D eigenvalue weighted by molar-refractivity contribution is 0.434. The molecule has 2 aromatic rings. The predicted octanol–water partition coefficient (Wildman–Crippen LogP) is 3.63. The lowest BCUT2D eigenvalue weighted by Gasteiger charge is -2.29. The summed E-state index contributed by atoms with van der Waals surface area (Å²) < 4.78 is 0.499. The predicted molar refractivity (Wildman–Crippen MR) is 85.8 cm³/mol. The fourth-order valence-corrected chi connectivity index (χ4v) is 2.73. The van der Waals surface area contributed by atoms with Gasteiger partial charge >= 0.3 is 0 Å². The summed E-state index contributed by atoms with van der Waals surface area (Å²) in [5, 5.41) is 5.56. The second kappa shape index (κ2) is 5.09. The molecular formula is C12H14ClN3S2. The van der Waals surface area contributed by atoms with E-state index in [4.69, 9.17) is 23.8 Å². The van der Waals surface area contributed by atoms with Crippen LogP contribution >= 0.6 is 36.4 Å². The number of aromatic amines is 1. The van der Waals surface area contributed by atoms with Gasteiger partial charge in [-0.3, -0.25) is 5.01 Å². The van der Waals surface area contributed by atoms with E-state index in [0.717, 1.165) is 22.3 Å². The van der Waals surface area contributed by atoms with E-state index in [0.29, 0.717) is 9.34 Å². The molecule has 0 bridgehead atoms. The molecule has 0 saturated heterocycles. The number of fused-ring (bicyclic) bond motifs is 1. The van der Waals surface area contributed by atoms with Crippen LogP contribution in [-0.2, 0) is 0 Å². The Morgan fingerprint density at radius 2 is 2.06 bits per heavy atom. The molecule has 0 aliphatic carbocycles. The number of hydrogen-bond acceptors (Lipinski definition) is 2. The van der Waals surface area contributed by atoms with Gasteiger partial charge < -0.3 is 4.98 Å². The van der Waals surface area contributed by atoms with Gasteiger partial charge in [0.2, 0.25) is 0 Å². The molecule has 0 radical (unpaired) electrons. The molecule has 0 spiro atoms. The lowest BCUT2D eigenvalue weighted by atomic mass is 10.2. The first-order valence-corrected chi connectivity index (χ1v) is 6.63. The van der Waals surface area contributed by atoms with E-state index < -0.39 is 0 Å². The first kappa shape index (κ1) is 13.7. The van der Waals surface area contributed by atoms with Crippen LogP contribution in [0.4, 0.5) is 5.69 Å². The molecule has 0 amide bonds. The summed E-state index contributed by atoms with van der Waals surface area (Å²) in [6.07, 6.45) is 0. The van der Waals surface area contributed by atoms with E-state index >= 15 is 0 Å². The molecule has 1 heterocycles. The fourth-order valence-electron chi connectivity index (χ4n) is 2.03. The van der Waals surface area contributed by atoms with Crippen molar-refractivity contribution < 1.29 is 0 Å². The Kier molecular flexibility index (Phi) is 3.87. The van der Waals surface area contributed by atoms with Gasteiger partial charge in [0.25, 0.3) is 0 Å². The van der Waals surface area contributed by atoms with Gasteiger partial charge in [0, 0.05) is 35.7 Å². The number of thiol groups is 1. The number of anilines is 1. The number of H-pyrrole nitrogens is 1. The molecule has 1 N–H and O–H groups in total. The van der Waals surface area contributed by atoms with E-state index in [2.05, 4.69) is 17.6 Å². The summed E-state index contributed by atoms with van der Waals surface area (Å²) in [5.74, 6) is 0. The van der Waals surface area contributed by atoms with Crippen molar-refractivity contribution in [3.63, 3.8) is 0 Å². The summed E-state index contributed by atoms with van der Waals surface area (Å²) in [5.41, 5.74) is 3.02. The molecule has 0 atom stereocenters. The van der Waals surface area contributed by atoms with Crippen LogP contribution in [0.15, 0.2) is 18.2 Å². The number of hydrazine groups is 1. The van der Waals surface area contributed by atoms with Crippen LogP contribution < -0.4 is 5.01 Å². The molecule has 1 aromatic heterocycles. The third-order valence-corrected chi connectivity index (χ3v) is 3.30. The summed E-state index contributed by atoms with van der Waals surface area (Å²) in [7, 11) is 3.85. The highest BCUT2D eigenvalue weighted by molar-refractivity contribution is 8.11. The van der Waals surface area contributed by atoms with E-state index in [1.54, 1.807) is 0 Å². The van der Waals surface area contributed by atoms with E-state index in [1.807, 2.05) is 49.2 Å². The van der Waals surface area contributed by atoms with E-state index in [1.165, 1.54) is 0 Å². The number of thiocarbonyl (C=S) groups is 1. The molecule has 1 aromatic carbocycles. The Labute approximate surface area is 122 Å². The number of rotatable bonds is 2. The maximum absolute atomic E-state index is 6.00. The monoisotopic (exact) mass is 299 g/mol. The van der Waals surface area contributed by atoms with Crippen LogP contribution in [0.1, 0.15) is 5.69 Å². The topological polar surface area (TPSA) is 22.3 Å². The van der Waals surface area contributed by atoms with Gasteiger partial charge in [-0.2, -0.15) is 0 Å². The number of aryl methyl sites for hydroxylation is 1. The average molecular weight is 300 g/mol. The highest BCUT2D eigenvalue weighted by atomic mass is 35.5. The van der Waals surface area contributed by atoms with Gasteiger partial charge in [-0.05, 0) is 25.1 Å². The zero-order valence-corrected chi connectivity index (χ0v) is 12.8. The Balaban J connectivity index is 2.69. The fraction of sp³-hybridized carbons (Fsp3) is 0.250. The van der Waals surface area contributed by atoms with Crippen molar-refractivity contribution in [1.82, 2.24) is 9.99 Å². The van der Waals surface area contributed by atoms with Crippen molar-refractivity contribution in [1.29, 1.82) is 0 Å². The minimum Gasteiger partial charge on any atom is -0.357 e. The van der Waals surface area contributed by atoms with Crippen molar-refractivity contribution >= 4 is 57.4 Å². The van der Waals surface area contributed by atoms with Crippen molar-refractivity contribution in [3.8, 4) is 0 Å². The largest absolute Gasteiger partial charge is 0.357 e. The van der Waals surface area contributed by atoms with Crippen LogP contribution in [0.2, 0.25) is 5.02 Å². The summed E-state index contributed by atoms with van der Waals surface area (Å²) >= 11 is 15.5. The second-order valence-corrected chi connectivity index (χ2v) is 5.78. The van der Waals surface area contributed by atoms with Crippen LogP contribution in [0.25, 0.3) is 10.9 Å². The molecule has 3 nitrogen and oxygen atoms in total. The molecule has 6 heteroatoms. The van der Waals surface area contributed by atoms with Gasteiger partial charge in [-0.25, -0.2) is 5.01 Å². The highest BCUT2D eigenvalue weighted by Gasteiger charge is 2.19. The molecule has 0 unspecified atom stereocenters. The van der Waals surface area contributed by atoms with Gasteiger partial charge in [0.05, 0.1) is 5.69 Å². The lowest BCUT2D eigenvalue weighted by Crippen LogP contribution is -2.39. The molecule has 0 fully saturated rings. The van der Waals surface area contributed by atoms with Crippen LogP contribution in [0.3, 0.4) is 0 Å². The summed E-state index contributed by atoms with van der Waals surface area (Å²) in [6.45, 7) is 2.01. The average Bonchev–Trinajstić information content (AvgIpc) is 2.54. The number of hydrogen-bond donors (Lipinski definition) is 2. The molecule has 2 rings (SSSR count). The van der Waals surface area contributed by atoms with Gasteiger partial charge in [0.15, 0.2) is 4.32 Å². The van der Waals surface area contributed by atoms with Crippen LogP contribution in [0.5, 0.6) is 0 Å². The number of halogens is 1. The molecule has 0 saturated carbocycles. The molecule has 18 heavy (non-hydrogen) atoms. The van der Waals surface area contributed by atoms with Gasteiger partial charge in [0.1, 0.15) is 0 Å². The number of benzene rings is 1. The number of nitrogens with one attached hydrogen (secondary N) is 1. The number of aromatic nitrogens is 1. The molecule has 0 aliphatic rings. The third kappa shape index (κ3) is 2.36. The Morgan fingerprint density at radius 1 is 1.39 bits per heavy atom. The van der Waals surface area contributed by atoms with E-state index in [-0.39, 0.29) is 0 Å². The van der Waals surface area contributed by atoms with Gasteiger partial charge in [-0.15, -0.1) is 12.6 Å². The number of nitrogens with zero attached hydrogens (tertiary/aromatic N) is 2. The highest BCUT2D eigenvalue weighted by Crippen LogP contribution is 2.33. The Hall–Kier alpha value is -0.750. The van der Waals surface area contributed by atoms with Gasteiger partial charge in [-0.1, -0.05) is 23.8 Å². The second-order valence-electron chi connectivity index (χ2n) is 4.23. The van der Waals surface area contributed by atoms with E-state index in [9.17, 15) is 0 Å². The minimum absolute atomic E-state index is 0.499. The van der Waals surface area contributed by atoms with Crippen molar-refractivity contribution in [2.75, 3.05) is 19.1 Å². The summed E-state index contributed by atoms with van der Waals surface area (Å²) in [4.78, 5) is 3.31. The third-order valence-electron chi connectivity index (χ3n) is 2.71. The molecular weight excluding hydrogens is 286 g/mol. The van der Waals surface area contributed by atoms with Crippen LogP contribution in [0, 0.1) is 6.92 Å². The van der Waals surface area contributed by atoms with Crippen LogP contribution in [-0.4, -0.2) is 28.4 Å². The maximum Gasteiger partial charge on any atom is 0.152 e. The maximum atomic E-state index is 6.00. The minimum atomic E-state index is 0.499. The molecule has 96 valence electrons. The normalized spacial score (nSPS) is 11.2. The van der Waals surface area contributed by atoms with Crippen molar-refractivity contribution in [3.05, 3.63) is 28.9 Å². The quantitative estimate of drug-likeness (QED) is 0.503. The van der Waals surface area contributed by atoms with Crippen molar-refractivity contribution in [2.45, 2.75) is 6.92 Å². The van der Waals surface area contributed by atoms with Crippen molar-refractivity contribution in [2.24, 2.45) is 0 Å². The molecule has 0 aliphatic heterocycles. The standard InChI is InChI=1S/C12H14ClN3S2/c1-7-11(16(12(17)18)15(2)3)9-5-4-8(13)6-10(9)14-7/h4-6,14H,1-3H3,(H,17,18). The smallest absolute Gasteiger partial charge is 0.152 e. The zero-order chi connectivity index (χ0) is 13.4.